The van der Waals surface area contributed by atoms with Crippen LogP contribution in [-0.2, 0) is 9.53 Å². The summed E-state index contributed by atoms with van der Waals surface area (Å²) in [7, 11) is 0. The van der Waals surface area contributed by atoms with Crippen LogP contribution < -0.4 is 14.8 Å². The summed E-state index contributed by atoms with van der Waals surface area (Å²) >= 11 is 0. The summed E-state index contributed by atoms with van der Waals surface area (Å²) in [6, 6.07) is 15.0. The van der Waals surface area contributed by atoms with E-state index in [9.17, 15) is 4.79 Å². The molecule has 0 aliphatic carbocycles. The van der Waals surface area contributed by atoms with Gasteiger partial charge in [-0.25, -0.2) is 0 Å². The van der Waals surface area contributed by atoms with Crippen LogP contribution in [0.25, 0.3) is 0 Å². The molecule has 138 valence electrons. The number of anilines is 1. The van der Waals surface area contributed by atoms with Crippen molar-refractivity contribution in [2.24, 2.45) is 0 Å². The lowest BCUT2D eigenvalue weighted by Crippen LogP contribution is -2.30. The molecule has 2 aromatic carbocycles. The largest absolute Gasteiger partial charge is 0.491 e. The average Bonchev–Trinajstić information content (AvgIpc) is 3.16. The third-order valence-corrected chi connectivity index (χ3v) is 4.35. The summed E-state index contributed by atoms with van der Waals surface area (Å²) in [5.41, 5.74) is 1.71. The van der Waals surface area contributed by atoms with E-state index in [-0.39, 0.29) is 12.0 Å². The fourth-order valence-electron chi connectivity index (χ4n) is 2.78. The Kier molecular flexibility index (Phi) is 6.12. The van der Waals surface area contributed by atoms with Gasteiger partial charge < -0.3 is 19.5 Å². The van der Waals surface area contributed by atoms with Crippen molar-refractivity contribution in [1.82, 2.24) is 0 Å². The molecule has 0 saturated carbocycles. The minimum Gasteiger partial charge on any atom is -0.491 e. The first-order valence-corrected chi connectivity index (χ1v) is 8.99. The first-order chi connectivity index (χ1) is 12.6. The van der Waals surface area contributed by atoms with Crippen molar-refractivity contribution >= 4 is 11.6 Å². The van der Waals surface area contributed by atoms with Gasteiger partial charge in [0.2, 0.25) is 0 Å². The second-order valence-corrected chi connectivity index (χ2v) is 6.49. The van der Waals surface area contributed by atoms with Crippen LogP contribution in [-0.4, -0.2) is 31.3 Å². The third-order valence-electron chi connectivity index (χ3n) is 4.35. The van der Waals surface area contributed by atoms with Crippen LogP contribution in [0, 0.1) is 6.92 Å². The van der Waals surface area contributed by atoms with Crippen LogP contribution in [0.2, 0.25) is 0 Å². The predicted molar refractivity (Wildman–Crippen MR) is 101 cm³/mol. The third kappa shape index (κ3) is 4.99. The Hall–Kier alpha value is -2.53. The molecule has 5 nitrogen and oxygen atoms in total. The van der Waals surface area contributed by atoms with Crippen LogP contribution in [0.4, 0.5) is 5.69 Å². The van der Waals surface area contributed by atoms with Gasteiger partial charge in [-0.05, 0) is 62.6 Å². The highest BCUT2D eigenvalue weighted by molar-refractivity contribution is 5.94. The SMILES string of the molecule is Cc1ccccc1O[C@H](C)C(=O)Nc1ccc(OC[C@@H]2CCCO2)cc1. The van der Waals surface area contributed by atoms with E-state index in [1.165, 1.54) is 0 Å². The number of nitrogens with one attached hydrogen (secondary N) is 1. The predicted octanol–water partition coefficient (Wildman–Crippen LogP) is 3.96. The lowest BCUT2D eigenvalue weighted by atomic mass is 10.2. The number of carbonyl (C=O) groups is 1. The lowest BCUT2D eigenvalue weighted by Gasteiger charge is -2.16. The number of benzene rings is 2. The molecule has 5 heteroatoms. The van der Waals surface area contributed by atoms with Gasteiger partial charge in [-0.2, -0.15) is 0 Å². The summed E-state index contributed by atoms with van der Waals surface area (Å²) in [4.78, 5) is 12.3. The van der Waals surface area contributed by atoms with E-state index in [0.717, 1.165) is 30.8 Å². The number of amides is 1. The zero-order chi connectivity index (χ0) is 18.4. The molecule has 1 aliphatic heterocycles. The van der Waals surface area contributed by atoms with Crippen molar-refractivity contribution in [2.45, 2.75) is 38.9 Å². The van der Waals surface area contributed by atoms with Crippen molar-refractivity contribution in [1.29, 1.82) is 0 Å². The molecule has 1 aliphatic rings. The van der Waals surface area contributed by atoms with Gasteiger partial charge >= 0.3 is 0 Å². The summed E-state index contributed by atoms with van der Waals surface area (Å²) in [5.74, 6) is 1.29. The number of aryl methyl sites for hydroxylation is 1. The van der Waals surface area contributed by atoms with Gasteiger partial charge in [-0.1, -0.05) is 18.2 Å². The first kappa shape index (κ1) is 18.3. The summed E-state index contributed by atoms with van der Waals surface area (Å²) in [5, 5.41) is 2.86. The Morgan fingerprint density at radius 2 is 2.00 bits per heavy atom. The molecule has 0 radical (unpaired) electrons. The molecule has 0 bridgehead atoms. The molecule has 1 heterocycles. The second kappa shape index (κ2) is 8.72. The number of para-hydroxylation sites is 1. The zero-order valence-electron chi connectivity index (χ0n) is 15.2. The molecule has 26 heavy (non-hydrogen) atoms. The van der Waals surface area contributed by atoms with E-state index in [2.05, 4.69) is 5.32 Å². The Labute approximate surface area is 154 Å². The fourth-order valence-corrected chi connectivity index (χ4v) is 2.78. The maximum absolute atomic E-state index is 12.3. The molecule has 1 amide bonds. The maximum Gasteiger partial charge on any atom is 0.265 e. The Bertz CT molecular complexity index is 723. The van der Waals surface area contributed by atoms with Crippen molar-refractivity contribution < 1.29 is 19.0 Å². The number of rotatable bonds is 7. The van der Waals surface area contributed by atoms with E-state index in [0.29, 0.717) is 18.0 Å². The smallest absolute Gasteiger partial charge is 0.265 e. The van der Waals surface area contributed by atoms with Gasteiger partial charge in [0.15, 0.2) is 6.10 Å². The average molecular weight is 355 g/mol. The molecule has 0 aromatic heterocycles. The van der Waals surface area contributed by atoms with Crippen LogP contribution in [0.15, 0.2) is 48.5 Å². The van der Waals surface area contributed by atoms with Gasteiger partial charge in [0.1, 0.15) is 18.1 Å². The van der Waals surface area contributed by atoms with Crippen molar-refractivity contribution in [2.75, 3.05) is 18.5 Å². The minimum absolute atomic E-state index is 0.189. The first-order valence-electron chi connectivity index (χ1n) is 8.99. The van der Waals surface area contributed by atoms with E-state index >= 15 is 0 Å². The molecular weight excluding hydrogens is 330 g/mol. The minimum atomic E-state index is -0.591. The van der Waals surface area contributed by atoms with Gasteiger partial charge in [-0.15, -0.1) is 0 Å². The molecule has 0 unspecified atom stereocenters. The zero-order valence-corrected chi connectivity index (χ0v) is 15.2. The van der Waals surface area contributed by atoms with Crippen molar-refractivity contribution in [3.8, 4) is 11.5 Å². The van der Waals surface area contributed by atoms with E-state index in [4.69, 9.17) is 14.2 Å². The number of hydrogen-bond donors (Lipinski definition) is 1. The molecule has 1 N–H and O–H groups in total. The standard InChI is InChI=1S/C21H25NO4/c1-15-6-3-4-8-20(15)26-16(2)21(23)22-17-9-11-18(12-10-17)25-14-19-7-5-13-24-19/h3-4,6,8-12,16,19H,5,7,13-14H2,1-2H3,(H,22,23)/t16-,19+/m1/s1. The topological polar surface area (TPSA) is 56.8 Å². The molecule has 1 fully saturated rings. The summed E-state index contributed by atoms with van der Waals surface area (Å²) in [6.07, 6.45) is 1.75. The van der Waals surface area contributed by atoms with Gasteiger partial charge in [-0.3, -0.25) is 4.79 Å². The molecule has 2 atom stereocenters. The van der Waals surface area contributed by atoms with Gasteiger partial charge in [0.05, 0.1) is 6.10 Å². The van der Waals surface area contributed by atoms with E-state index in [1.54, 1.807) is 6.92 Å². The Morgan fingerprint density at radius 1 is 1.23 bits per heavy atom. The molecule has 0 spiro atoms. The number of ether oxygens (including phenoxy) is 3. The number of hydrogen-bond acceptors (Lipinski definition) is 4. The number of carbonyl (C=O) groups excluding carboxylic acids is 1. The van der Waals surface area contributed by atoms with E-state index < -0.39 is 6.10 Å². The normalized spacial score (nSPS) is 17.5. The van der Waals surface area contributed by atoms with Crippen LogP contribution in [0.5, 0.6) is 11.5 Å². The highest BCUT2D eigenvalue weighted by atomic mass is 16.5. The molecular formula is C21H25NO4. The quantitative estimate of drug-likeness (QED) is 0.817. The molecule has 2 aromatic rings. The maximum atomic E-state index is 12.3. The van der Waals surface area contributed by atoms with Gasteiger partial charge in [0, 0.05) is 12.3 Å². The van der Waals surface area contributed by atoms with Crippen LogP contribution >= 0.6 is 0 Å². The van der Waals surface area contributed by atoms with Crippen LogP contribution in [0.3, 0.4) is 0 Å². The Morgan fingerprint density at radius 3 is 2.69 bits per heavy atom. The highest BCUT2D eigenvalue weighted by Crippen LogP contribution is 2.20. The van der Waals surface area contributed by atoms with Gasteiger partial charge in [0.25, 0.3) is 5.91 Å². The summed E-state index contributed by atoms with van der Waals surface area (Å²) in [6.45, 7) is 5.07. The second-order valence-electron chi connectivity index (χ2n) is 6.49. The van der Waals surface area contributed by atoms with E-state index in [1.807, 2.05) is 55.5 Å². The molecule has 3 rings (SSSR count). The lowest BCUT2D eigenvalue weighted by molar-refractivity contribution is -0.122. The Balaban J connectivity index is 1.49. The summed E-state index contributed by atoms with van der Waals surface area (Å²) < 4.78 is 17.0. The van der Waals surface area contributed by atoms with Crippen LogP contribution in [0.1, 0.15) is 25.3 Å². The van der Waals surface area contributed by atoms with Crippen molar-refractivity contribution in [3.63, 3.8) is 0 Å². The van der Waals surface area contributed by atoms with Crippen molar-refractivity contribution in [3.05, 3.63) is 54.1 Å². The monoisotopic (exact) mass is 355 g/mol. The molecule has 1 saturated heterocycles. The highest BCUT2D eigenvalue weighted by Gasteiger charge is 2.17. The fraction of sp³-hybridized carbons (Fsp3) is 0.381.